The van der Waals surface area contributed by atoms with Crippen molar-refractivity contribution in [2.75, 3.05) is 0 Å². The Morgan fingerprint density at radius 1 is 1.83 bits per heavy atom. The van der Waals surface area contributed by atoms with E-state index in [2.05, 4.69) is 12.0 Å². The van der Waals surface area contributed by atoms with Gasteiger partial charge in [0.2, 0.25) is 0 Å². The lowest BCUT2D eigenvalue weighted by atomic mass is 10.1. The Kier molecular flexibility index (Phi) is 3.47. The molecule has 1 nitrogen and oxygen atoms in total. The molecular weight excluding hydrogens is 148 g/mol. The smallest absolute Gasteiger partial charge is 0.116 e. The molecule has 0 saturated carbocycles. The number of ether oxygens (including phenoxy) is 1. The summed E-state index contributed by atoms with van der Waals surface area (Å²) >= 11 is 0. The Labute approximate surface area is 74.1 Å². The lowest BCUT2D eigenvalue weighted by molar-refractivity contribution is 0.164. The first-order chi connectivity index (χ1) is 5.83. The maximum Gasteiger partial charge on any atom is 0.116 e. The van der Waals surface area contributed by atoms with Crippen LogP contribution in [0.5, 0.6) is 0 Å². The van der Waals surface area contributed by atoms with E-state index < -0.39 is 0 Å². The second-order valence-electron chi connectivity index (χ2n) is 3.02. The first-order valence-corrected chi connectivity index (χ1v) is 4.24. The van der Waals surface area contributed by atoms with Gasteiger partial charge >= 0.3 is 0 Å². The molecule has 0 aromatic rings. The van der Waals surface area contributed by atoms with E-state index in [1.165, 1.54) is 5.57 Å². The predicted octanol–water partition coefficient (Wildman–Crippen LogP) is 2.65. The predicted molar refractivity (Wildman–Crippen MR) is 50.5 cm³/mol. The minimum atomic E-state index is 0.239. The summed E-state index contributed by atoms with van der Waals surface area (Å²) in [6, 6.07) is 0. The molecule has 64 valence electrons. The van der Waals surface area contributed by atoms with E-state index in [1.54, 1.807) is 6.26 Å². The number of allylic oxidation sites excluding steroid dienone is 2. The maximum absolute atomic E-state index is 5.37. The molecule has 1 atom stereocenters. The molecule has 1 heteroatoms. The van der Waals surface area contributed by atoms with Crippen molar-refractivity contribution in [3.05, 3.63) is 24.0 Å². The van der Waals surface area contributed by atoms with Gasteiger partial charge in [0.1, 0.15) is 6.10 Å². The van der Waals surface area contributed by atoms with Gasteiger partial charge in [-0.25, -0.2) is 0 Å². The first-order valence-electron chi connectivity index (χ1n) is 4.24. The molecule has 1 unspecified atom stereocenters. The molecule has 0 spiro atoms. The number of hydrogen-bond donors (Lipinski definition) is 0. The lowest BCUT2D eigenvalue weighted by Crippen LogP contribution is -2.09. The Balaban J connectivity index is 2.44. The van der Waals surface area contributed by atoms with E-state index in [0.29, 0.717) is 0 Å². The van der Waals surface area contributed by atoms with Gasteiger partial charge in [-0.3, -0.25) is 0 Å². The van der Waals surface area contributed by atoms with Crippen molar-refractivity contribution in [2.45, 2.75) is 32.3 Å². The second kappa shape index (κ2) is 4.66. The molecule has 1 aliphatic rings. The monoisotopic (exact) mass is 162 g/mol. The molecule has 0 aromatic heterocycles. The molecule has 1 rings (SSSR count). The summed E-state index contributed by atoms with van der Waals surface area (Å²) < 4.78 is 5.37. The average molecular weight is 162 g/mol. The fraction of sp³-hybridized carbons (Fsp3) is 0.455. The van der Waals surface area contributed by atoms with Gasteiger partial charge in [-0.1, -0.05) is 5.57 Å². The largest absolute Gasteiger partial charge is 0.494 e. The van der Waals surface area contributed by atoms with Gasteiger partial charge in [-0.2, -0.15) is 0 Å². The minimum absolute atomic E-state index is 0.239. The highest BCUT2D eigenvalue weighted by Gasteiger charge is 2.06. The highest BCUT2D eigenvalue weighted by Crippen LogP contribution is 2.13. The third kappa shape index (κ3) is 2.84. The van der Waals surface area contributed by atoms with Crippen LogP contribution in [0.4, 0.5) is 0 Å². The quantitative estimate of drug-likeness (QED) is 0.448. The Morgan fingerprint density at radius 2 is 2.67 bits per heavy atom. The Hall–Kier alpha value is -1.16. The summed E-state index contributed by atoms with van der Waals surface area (Å²) in [5.41, 5.74) is 1.22. The Morgan fingerprint density at radius 3 is 3.25 bits per heavy atom. The number of terminal acetylenes is 1. The zero-order valence-electron chi connectivity index (χ0n) is 7.42. The molecule has 1 heterocycles. The first kappa shape index (κ1) is 8.93. The zero-order chi connectivity index (χ0) is 8.81. The third-order valence-electron chi connectivity index (χ3n) is 1.82. The van der Waals surface area contributed by atoms with Gasteiger partial charge in [0.05, 0.1) is 6.26 Å². The normalized spacial score (nSPS) is 23.0. The van der Waals surface area contributed by atoms with Crippen LogP contribution in [0.25, 0.3) is 0 Å². The van der Waals surface area contributed by atoms with Crippen LogP contribution in [0.1, 0.15) is 26.2 Å². The number of hydrogen-bond acceptors (Lipinski definition) is 1. The second-order valence-corrected chi connectivity index (χ2v) is 3.02. The molecule has 1 aliphatic heterocycles. The van der Waals surface area contributed by atoms with E-state index in [9.17, 15) is 0 Å². The summed E-state index contributed by atoms with van der Waals surface area (Å²) in [5.74, 6) is 2.62. The summed E-state index contributed by atoms with van der Waals surface area (Å²) in [6.07, 6.45) is 14.3. The van der Waals surface area contributed by atoms with Crippen LogP contribution >= 0.6 is 0 Å². The highest BCUT2D eigenvalue weighted by molar-refractivity contribution is 5.10. The van der Waals surface area contributed by atoms with Crippen molar-refractivity contribution >= 4 is 0 Å². The fourth-order valence-electron chi connectivity index (χ4n) is 1.21. The van der Waals surface area contributed by atoms with Crippen molar-refractivity contribution in [1.82, 2.24) is 0 Å². The van der Waals surface area contributed by atoms with Crippen LogP contribution in [-0.2, 0) is 4.74 Å². The van der Waals surface area contributed by atoms with Crippen LogP contribution in [0, 0.1) is 12.3 Å². The maximum atomic E-state index is 5.37. The van der Waals surface area contributed by atoms with Gasteiger partial charge < -0.3 is 4.74 Å². The van der Waals surface area contributed by atoms with E-state index in [-0.39, 0.29) is 6.10 Å². The van der Waals surface area contributed by atoms with Gasteiger partial charge in [0.15, 0.2) is 0 Å². The minimum Gasteiger partial charge on any atom is -0.494 e. The molecule has 0 saturated heterocycles. The van der Waals surface area contributed by atoms with Crippen LogP contribution in [-0.4, -0.2) is 6.10 Å². The summed E-state index contributed by atoms with van der Waals surface area (Å²) in [7, 11) is 0. The van der Waals surface area contributed by atoms with Crippen LogP contribution in [0.15, 0.2) is 24.0 Å². The summed E-state index contributed by atoms with van der Waals surface area (Å²) in [6.45, 7) is 2.04. The topological polar surface area (TPSA) is 9.23 Å². The van der Waals surface area contributed by atoms with Gasteiger partial charge in [0.25, 0.3) is 0 Å². The van der Waals surface area contributed by atoms with E-state index in [4.69, 9.17) is 11.2 Å². The van der Waals surface area contributed by atoms with Gasteiger partial charge in [-0.15, -0.1) is 12.3 Å². The van der Waals surface area contributed by atoms with E-state index in [0.717, 1.165) is 19.3 Å². The molecule has 0 aromatic carbocycles. The van der Waals surface area contributed by atoms with Crippen LogP contribution < -0.4 is 0 Å². The molecule has 0 fully saturated rings. The molecule has 0 amide bonds. The standard InChI is InChI=1S/C11H14O/c1-3-6-10(2)9-11-7-4-5-8-12-11/h1,5,8-9,11H,4,6-7H2,2H3. The molecular formula is C11H14O. The highest BCUT2D eigenvalue weighted by atomic mass is 16.5. The van der Waals surface area contributed by atoms with Crippen LogP contribution in [0.3, 0.4) is 0 Å². The molecule has 0 radical (unpaired) electrons. The molecule has 12 heavy (non-hydrogen) atoms. The van der Waals surface area contributed by atoms with Gasteiger partial charge in [-0.05, 0) is 31.9 Å². The van der Waals surface area contributed by atoms with Crippen molar-refractivity contribution in [3.8, 4) is 12.3 Å². The number of rotatable bonds is 2. The van der Waals surface area contributed by atoms with Crippen molar-refractivity contribution in [3.63, 3.8) is 0 Å². The summed E-state index contributed by atoms with van der Waals surface area (Å²) in [5, 5.41) is 0. The van der Waals surface area contributed by atoms with Crippen LogP contribution in [0.2, 0.25) is 0 Å². The zero-order valence-corrected chi connectivity index (χ0v) is 7.42. The third-order valence-corrected chi connectivity index (χ3v) is 1.82. The Bertz CT molecular complexity index is 230. The molecule has 0 bridgehead atoms. The average Bonchev–Trinajstić information content (AvgIpc) is 2.06. The van der Waals surface area contributed by atoms with E-state index in [1.807, 2.05) is 13.0 Å². The van der Waals surface area contributed by atoms with Crippen molar-refractivity contribution in [2.24, 2.45) is 0 Å². The fourth-order valence-corrected chi connectivity index (χ4v) is 1.21. The molecule has 0 N–H and O–H groups in total. The SMILES string of the molecule is C#CCC(C)=CC1CCC=CO1. The van der Waals surface area contributed by atoms with E-state index >= 15 is 0 Å². The van der Waals surface area contributed by atoms with Crippen molar-refractivity contribution in [1.29, 1.82) is 0 Å². The molecule has 0 aliphatic carbocycles. The van der Waals surface area contributed by atoms with Gasteiger partial charge in [0, 0.05) is 6.42 Å². The lowest BCUT2D eigenvalue weighted by Gasteiger charge is -2.16. The summed E-state index contributed by atoms with van der Waals surface area (Å²) in [4.78, 5) is 0. The van der Waals surface area contributed by atoms with Crippen molar-refractivity contribution < 1.29 is 4.74 Å².